The highest BCUT2D eigenvalue weighted by atomic mass is 19.3. The fourth-order valence-corrected chi connectivity index (χ4v) is 1.02. The average Bonchev–Trinajstić information content (AvgIpc) is 1.85. The Bertz CT molecular complexity index is 152. The van der Waals surface area contributed by atoms with Crippen molar-refractivity contribution in [2.45, 2.75) is 25.6 Å². The van der Waals surface area contributed by atoms with Gasteiger partial charge in [0.15, 0.2) is 0 Å². The zero-order chi connectivity index (χ0) is 8.27. The zero-order valence-electron chi connectivity index (χ0n) is 5.85. The smallest absolute Gasteiger partial charge is 0.345 e. The number of alkyl halides is 2. The first kappa shape index (κ1) is 8.39. The first-order chi connectivity index (χ1) is 5.18. The molecule has 0 unspecified atom stereocenters. The number of nitrogens with one attached hydrogen (secondary N) is 1. The Hall–Kier alpha value is -0.710. The van der Waals surface area contributed by atoms with Crippen LogP contribution in [0.15, 0.2) is 0 Å². The number of amides is 1. The number of ether oxygens (including phenoxy) is 1. The number of piperidine rings is 1. The first-order valence-electron chi connectivity index (χ1n) is 3.39. The number of hydrogen-bond acceptors (Lipinski definition) is 2. The molecule has 0 aromatic carbocycles. The molecular formula is C6H9F2NO2. The molecular weight excluding hydrogens is 156 g/mol. The topological polar surface area (TPSA) is 38.3 Å². The van der Waals surface area contributed by atoms with Crippen molar-refractivity contribution < 1.29 is 18.3 Å². The van der Waals surface area contributed by atoms with Crippen molar-refractivity contribution in [1.82, 2.24) is 5.32 Å². The van der Waals surface area contributed by atoms with Gasteiger partial charge in [0, 0.05) is 6.54 Å². The van der Waals surface area contributed by atoms with Crippen molar-refractivity contribution in [3.63, 3.8) is 0 Å². The highest BCUT2D eigenvalue weighted by Crippen LogP contribution is 2.11. The summed E-state index contributed by atoms with van der Waals surface area (Å²) < 4.78 is 27.4. The molecule has 1 amide bonds. The number of carbonyl (C=O) groups is 1. The lowest BCUT2D eigenvalue weighted by atomic mass is 10.1. The molecule has 1 heterocycles. The Balaban J connectivity index is 2.28. The zero-order valence-corrected chi connectivity index (χ0v) is 5.85. The summed E-state index contributed by atoms with van der Waals surface area (Å²) in [7, 11) is 0. The second kappa shape index (κ2) is 3.61. The molecule has 1 saturated heterocycles. The third-order valence-corrected chi connectivity index (χ3v) is 1.50. The van der Waals surface area contributed by atoms with Crippen molar-refractivity contribution >= 4 is 5.91 Å². The molecule has 1 fully saturated rings. The first-order valence-corrected chi connectivity index (χ1v) is 3.39. The summed E-state index contributed by atoms with van der Waals surface area (Å²) in [6.07, 6.45) is -0.0933. The minimum Gasteiger partial charge on any atom is -0.356 e. The second-order valence-corrected chi connectivity index (χ2v) is 2.36. The van der Waals surface area contributed by atoms with Crippen LogP contribution < -0.4 is 5.32 Å². The maximum atomic E-state index is 11.6. The summed E-state index contributed by atoms with van der Waals surface area (Å²) in [6.45, 7) is -2.35. The second-order valence-electron chi connectivity index (χ2n) is 2.36. The Morgan fingerprint density at radius 3 is 2.91 bits per heavy atom. The lowest BCUT2D eigenvalue weighted by Crippen LogP contribution is -2.38. The van der Waals surface area contributed by atoms with E-state index in [9.17, 15) is 13.6 Å². The Morgan fingerprint density at radius 2 is 2.36 bits per heavy atom. The highest BCUT2D eigenvalue weighted by molar-refractivity contribution is 5.77. The van der Waals surface area contributed by atoms with Gasteiger partial charge in [0.25, 0.3) is 0 Å². The van der Waals surface area contributed by atoms with Crippen LogP contribution in [-0.2, 0) is 9.53 Å². The van der Waals surface area contributed by atoms with Gasteiger partial charge < -0.3 is 10.1 Å². The number of rotatable bonds is 2. The molecule has 0 saturated carbocycles. The van der Waals surface area contributed by atoms with Gasteiger partial charge in [-0.3, -0.25) is 4.79 Å². The van der Waals surface area contributed by atoms with Crippen molar-refractivity contribution in [2.24, 2.45) is 0 Å². The molecule has 1 aliphatic heterocycles. The summed E-state index contributed by atoms with van der Waals surface area (Å²) in [5.74, 6) is -0.220. The van der Waals surface area contributed by atoms with E-state index in [1.54, 1.807) is 0 Å². The van der Waals surface area contributed by atoms with Crippen LogP contribution in [0.4, 0.5) is 8.78 Å². The lowest BCUT2D eigenvalue weighted by Gasteiger charge is -2.21. The highest BCUT2D eigenvalue weighted by Gasteiger charge is 2.22. The standard InChI is InChI=1S/C6H9F2NO2/c7-6(8)11-4-1-2-9-5(10)3-4/h4,6H,1-3H2,(H,9,10)/t4-/m1/s1. The molecule has 3 nitrogen and oxygen atoms in total. The predicted molar refractivity (Wildman–Crippen MR) is 33.1 cm³/mol. The molecule has 0 radical (unpaired) electrons. The fraction of sp³-hybridized carbons (Fsp3) is 0.833. The fourth-order valence-electron chi connectivity index (χ4n) is 1.02. The van der Waals surface area contributed by atoms with E-state index in [0.717, 1.165) is 0 Å². The number of halogens is 2. The predicted octanol–water partition coefficient (Wildman–Crippen LogP) is 0.504. The van der Waals surface area contributed by atoms with Gasteiger partial charge in [0.2, 0.25) is 5.91 Å². The van der Waals surface area contributed by atoms with Gasteiger partial charge in [-0.2, -0.15) is 8.78 Å². The van der Waals surface area contributed by atoms with Crippen molar-refractivity contribution in [3.8, 4) is 0 Å². The SMILES string of the molecule is O=C1C[C@H](OC(F)F)CCN1. The van der Waals surface area contributed by atoms with Crippen LogP contribution in [0.2, 0.25) is 0 Å². The largest absolute Gasteiger partial charge is 0.356 e. The molecule has 1 N–H and O–H groups in total. The molecule has 1 atom stereocenters. The Morgan fingerprint density at radius 1 is 1.64 bits per heavy atom. The van der Waals surface area contributed by atoms with Crippen LogP contribution in [0.1, 0.15) is 12.8 Å². The molecule has 5 heteroatoms. The number of carbonyl (C=O) groups excluding carboxylic acids is 1. The molecule has 0 aromatic rings. The summed E-state index contributed by atoms with van der Waals surface area (Å²) in [6, 6.07) is 0. The van der Waals surface area contributed by atoms with Gasteiger partial charge in [-0.1, -0.05) is 0 Å². The molecule has 64 valence electrons. The van der Waals surface area contributed by atoms with E-state index in [0.29, 0.717) is 13.0 Å². The number of hydrogen-bond donors (Lipinski definition) is 1. The van der Waals surface area contributed by atoms with Crippen LogP contribution in [-0.4, -0.2) is 25.2 Å². The molecule has 1 rings (SSSR count). The van der Waals surface area contributed by atoms with Gasteiger partial charge >= 0.3 is 6.61 Å². The summed E-state index contributed by atoms with van der Waals surface area (Å²) in [4.78, 5) is 10.6. The molecule has 0 spiro atoms. The third kappa shape index (κ3) is 2.80. The van der Waals surface area contributed by atoms with Crippen molar-refractivity contribution in [1.29, 1.82) is 0 Å². The molecule has 1 aliphatic rings. The van der Waals surface area contributed by atoms with Gasteiger partial charge in [-0.15, -0.1) is 0 Å². The maximum absolute atomic E-state index is 11.6. The van der Waals surface area contributed by atoms with Crippen LogP contribution >= 0.6 is 0 Å². The van der Waals surface area contributed by atoms with Gasteiger partial charge in [-0.25, -0.2) is 0 Å². The lowest BCUT2D eigenvalue weighted by molar-refractivity contribution is -0.171. The van der Waals surface area contributed by atoms with E-state index in [4.69, 9.17) is 0 Å². The Labute approximate surface area is 62.7 Å². The normalized spacial score (nSPS) is 25.4. The molecule has 0 aliphatic carbocycles. The molecule has 0 aromatic heterocycles. The van der Waals surface area contributed by atoms with E-state index in [-0.39, 0.29) is 12.3 Å². The monoisotopic (exact) mass is 165 g/mol. The van der Waals surface area contributed by atoms with Crippen LogP contribution in [0.5, 0.6) is 0 Å². The van der Waals surface area contributed by atoms with Crippen LogP contribution in [0.25, 0.3) is 0 Å². The molecule has 0 bridgehead atoms. The van der Waals surface area contributed by atoms with E-state index in [1.165, 1.54) is 0 Å². The maximum Gasteiger partial charge on any atom is 0.345 e. The van der Waals surface area contributed by atoms with E-state index >= 15 is 0 Å². The van der Waals surface area contributed by atoms with E-state index in [1.807, 2.05) is 0 Å². The summed E-state index contributed by atoms with van der Waals surface area (Å²) in [5.41, 5.74) is 0. The van der Waals surface area contributed by atoms with Gasteiger partial charge in [0.1, 0.15) is 0 Å². The molecule has 11 heavy (non-hydrogen) atoms. The Kier molecular flexibility index (Phi) is 2.76. The van der Waals surface area contributed by atoms with E-state index in [2.05, 4.69) is 10.1 Å². The quantitative estimate of drug-likeness (QED) is 0.647. The minimum absolute atomic E-state index is 0.0460. The minimum atomic E-state index is -2.77. The summed E-state index contributed by atoms with van der Waals surface area (Å²) in [5, 5.41) is 2.52. The van der Waals surface area contributed by atoms with Gasteiger partial charge in [-0.05, 0) is 6.42 Å². The third-order valence-electron chi connectivity index (χ3n) is 1.50. The van der Waals surface area contributed by atoms with Crippen LogP contribution in [0.3, 0.4) is 0 Å². The average molecular weight is 165 g/mol. The van der Waals surface area contributed by atoms with Crippen molar-refractivity contribution in [2.75, 3.05) is 6.54 Å². The van der Waals surface area contributed by atoms with E-state index < -0.39 is 12.7 Å². The van der Waals surface area contributed by atoms with Crippen LogP contribution in [0, 0.1) is 0 Å². The van der Waals surface area contributed by atoms with Crippen molar-refractivity contribution in [3.05, 3.63) is 0 Å². The summed E-state index contributed by atoms with van der Waals surface area (Å²) >= 11 is 0. The van der Waals surface area contributed by atoms with Gasteiger partial charge in [0.05, 0.1) is 12.5 Å².